The first-order valence-electron chi connectivity index (χ1n) is 9.43. The highest BCUT2D eigenvalue weighted by Crippen LogP contribution is 2.24. The fraction of sp³-hybridized carbons (Fsp3) is 0.550. The van der Waals surface area contributed by atoms with E-state index in [-0.39, 0.29) is 17.9 Å². The molecule has 1 aromatic carbocycles. The van der Waals surface area contributed by atoms with Crippen LogP contribution in [-0.4, -0.2) is 24.0 Å². The van der Waals surface area contributed by atoms with Gasteiger partial charge in [0.2, 0.25) is 5.91 Å². The number of H-pyrrole nitrogens is 1. The predicted molar refractivity (Wildman–Crippen MR) is 107 cm³/mol. The summed E-state index contributed by atoms with van der Waals surface area (Å²) in [7, 11) is 0. The molecule has 1 saturated carbocycles. The molecule has 3 N–H and O–H groups in total. The minimum atomic E-state index is 0.256. The van der Waals surface area contributed by atoms with Crippen molar-refractivity contribution in [3.63, 3.8) is 0 Å². The lowest BCUT2D eigenvalue weighted by molar-refractivity contribution is -0.125. The van der Waals surface area contributed by atoms with Crippen molar-refractivity contribution < 1.29 is 4.79 Å². The van der Waals surface area contributed by atoms with Crippen molar-refractivity contribution >= 4 is 32.7 Å². The molecule has 1 atom stereocenters. The maximum Gasteiger partial charge on any atom is 0.223 e. The fourth-order valence-electron chi connectivity index (χ4n) is 3.60. The maximum atomic E-state index is 12.1. The van der Waals surface area contributed by atoms with Gasteiger partial charge in [-0.25, -0.2) is 0 Å². The van der Waals surface area contributed by atoms with Crippen LogP contribution in [0.15, 0.2) is 28.7 Å². The van der Waals surface area contributed by atoms with Gasteiger partial charge < -0.3 is 15.6 Å². The molecule has 136 valence electrons. The number of nitrogens with one attached hydrogen (secondary N) is 3. The van der Waals surface area contributed by atoms with Crippen LogP contribution in [0.5, 0.6) is 0 Å². The number of carbonyl (C=O) groups is 1. The largest absolute Gasteiger partial charge is 0.357 e. The van der Waals surface area contributed by atoms with E-state index in [1.54, 1.807) is 0 Å². The van der Waals surface area contributed by atoms with Crippen LogP contribution in [0.1, 0.15) is 57.2 Å². The van der Waals surface area contributed by atoms with Crippen molar-refractivity contribution in [1.82, 2.24) is 15.6 Å². The molecule has 1 aliphatic rings. The molecule has 0 spiro atoms. The molecular weight excluding hydrogens is 378 g/mol. The molecule has 1 aliphatic carbocycles. The zero-order valence-corrected chi connectivity index (χ0v) is 16.5. The number of halogens is 1. The van der Waals surface area contributed by atoms with E-state index < -0.39 is 0 Å². The third kappa shape index (κ3) is 5.08. The van der Waals surface area contributed by atoms with Gasteiger partial charge in [-0.3, -0.25) is 4.79 Å². The smallest absolute Gasteiger partial charge is 0.223 e. The molecule has 4 nitrogen and oxygen atoms in total. The van der Waals surface area contributed by atoms with Crippen molar-refractivity contribution in [1.29, 1.82) is 0 Å². The van der Waals surface area contributed by atoms with Crippen molar-refractivity contribution in [2.45, 2.75) is 51.5 Å². The summed E-state index contributed by atoms with van der Waals surface area (Å²) in [5.41, 5.74) is 2.35. The lowest BCUT2D eigenvalue weighted by Crippen LogP contribution is -2.34. The summed E-state index contributed by atoms with van der Waals surface area (Å²) in [6.45, 7) is 3.82. The number of hydrogen-bond acceptors (Lipinski definition) is 2. The Morgan fingerprint density at radius 2 is 2.04 bits per heavy atom. The Labute approximate surface area is 158 Å². The molecule has 25 heavy (non-hydrogen) atoms. The van der Waals surface area contributed by atoms with E-state index in [1.807, 2.05) is 0 Å². The van der Waals surface area contributed by atoms with Crippen LogP contribution < -0.4 is 10.6 Å². The molecule has 3 rings (SSSR count). The van der Waals surface area contributed by atoms with Gasteiger partial charge >= 0.3 is 0 Å². The van der Waals surface area contributed by atoms with E-state index in [9.17, 15) is 4.79 Å². The zero-order chi connectivity index (χ0) is 17.6. The number of rotatable bonds is 7. The van der Waals surface area contributed by atoms with Crippen LogP contribution in [0.2, 0.25) is 0 Å². The summed E-state index contributed by atoms with van der Waals surface area (Å²) in [6, 6.07) is 8.73. The molecule has 0 radical (unpaired) electrons. The maximum absolute atomic E-state index is 12.1. The first kappa shape index (κ1) is 18.5. The lowest BCUT2D eigenvalue weighted by Gasteiger charge is -2.20. The molecule has 5 heteroatoms. The Bertz CT molecular complexity index is 706. The third-order valence-corrected chi connectivity index (χ3v) is 5.64. The Morgan fingerprint density at radius 1 is 1.24 bits per heavy atom. The summed E-state index contributed by atoms with van der Waals surface area (Å²) in [4.78, 5) is 15.6. The van der Waals surface area contributed by atoms with Gasteiger partial charge in [-0.15, -0.1) is 0 Å². The molecule has 0 aliphatic heterocycles. The molecular formula is C20H28BrN3O. The van der Waals surface area contributed by atoms with Crippen LogP contribution in [0.4, 0.5) is 0 Å². The van der Waals surface area contributed by atoms with E-state index in [0.29, 0.717) is 0 Å². The average molecular weight is 406 g/mol. The molecule has 0 saturated heterocycles. The minimum absolute atomic E-state index is 0.256. The van der Waals surface area contributed by atoms with E-state index in [0.717, 1.165) is 42.3 Å². The van der Waals surface area contributed by atoms with E-state index in [4.69, 9.17) is 0 Å². The Morgan fingerprint density at radius 3 is 2.84 bits per heavy atom. The van der Waals surface area contributed by atoms with Gasteiger partial charge in [0.25, 0.3) is 0 Å². The van der Waals surface area contributed by atoms with Crippen LogP contribution in [0.3, 0.4) is 0 Å². The Kier molecular flexibility index (Phi) is 6.54. The molecule has 1 amide bonds. The van der Waals surface area contributed by atoms with Crippen LogP contribution in [0.25, 0.3) is 10.9 Å². The van der Waals surface area contributed by atoms with Gasteiger partial charge in [0, 0.05) is 39.6 Å². The van der Waals surface area contributed by atoms with Gasteiger partial charge in [-0.1, -0.05) is 35.2 Å². The number of fused-ring (bicyclic) bond motifs is 1. The van der Waals surface area contributed by atoms with Gasteiger partial charge in [0.15, 0.2) is 0 Å². The number of amides is 1. The van der Waals surface area contributed by atoms with Crippen LogP contribution in [0, 0.1) is 5.92 Å². The average Bonchev–Trinajstić information content (AvgIpc) is 3.05. The SMILES string of the molecule is CC(NCCCNC(=O)C1CCCCC1)c1cc2cc(Br)ccc2[nH]1. The molecule has 1 fully saturated rings. The zero-order valence-electron chi connectivity index (χ0n) is 14.9. The van der Waals surface area contributed by atoms with Crippen molar-refractivity contribution in [3.05, 3.63) is 34.4 Å². The van der Waals surface area contributed by atoms with Crippen molar-refractivity contribution in [3.8, 4) is 0 Å². The molecule has 1 heterocycles. The first-order chi connectivity index (χ1) is 12.1. The minimum Gasteiger partial charge on any atom is -0.357 e. The third-order valence-electron chi connectivity index (χ3n) is 5.15. The lowest BCUT2D eigenvalue weighted by atomic mass is 9.89. The van der Waals surface area contributed by atoms with Crippen LogP contribution >= 0.6 is 15.9 Å². The summed E-state index contributed by atoms with van der Waals surface area (Å²) in [5.74, 6) is 0.514. The van der Waals surface area contributed by atoms with Gasteiger partial charge in [0.05, 0.1) is 0 Å². The van der Waals surface area contributed by atoms with Crippen LogP contribution in [-0.2, 0) is 4.79 Å². The highest BCUT2D eigenvalue weighted by atomic mass is 79.9. The normalized spacial score (nSPS) is 16.9. The second-order valence-corrected chi connectivity index (χ2v) is 8.03. The molecule has 1 unspecified atom stereocenters. The molecule has 0 bridgehead atoms. The Hall–Kier alpha value is -1.33. The van der Waals surface area contributed by atoms with E-state index in [1.165, 1.54) is 30.3 Å². The summed E-state index contributed by atoms with van der Waals surface area (Å²) < 4.78 is 1.10. The van der Waals surface area contributed by atoms with Gasteiger partial charge in [0.1, 0.15) is 0 Å². The molecule has 2 aromatic rings. The highest BCUT2D eigenvalue weighted by Gasteiger charge is 2.20. The monoisotopic (exact) mass is 405 g/mol. The fourth-order valence-corrected chi connectivity index (χ4v) is 3.98. The second kappa shape index (κ2) is 8.86. The van der Waals surface area contributed by atoms with Gasteiger partial charge in [-0.2, -0.15) is 0 Å². The Balaban J connectivity index is 1.38. The first-order valence-corrected chi connectivity index (χ1v) is 10.2. The summed E-state index contributed by atoms with van der Waals surface area (Å²) in [6.07, 6.45) is 6.79. The number of benzene rings is 1. The molecule has 1 aromatic heterocycles. The van der Waals surface area contributed by atoms with E-state index in [2.05, 4.69) is 62.7 Å². The van der Waals surface area contributed by atoms with E-state index >= 15 is 0 Å². The predicted octanol–water partition coefficient (Wildman–Crippen LogP) is 4.67. The number of carbonyl (C=O) groups excluding carboxylic acids is 1. The standard InChI is InChI=1S/C20H28BrN3O/c1-14(19-13-16-12-17(21)8-9-18(16)24-19)22-10-5-11-23-20(25)15-6-3-2-4-7-15/h8-9,12-15,22,24H,2-7,10-11H2,1H3,(H,23,25). The number of aromatic amines is 1. The van der Waals surface area contributed by atoms with Gasteiger partial charge in [-0.05, 0) is 57.0 Å². The number of hydrogen-bond donors (Lipinski definition) is 3. The number of aromatic nitrogens is 1. The van der Waals surface area contributed by atoms with Crippen molar-refractivity contribution in [2.24, 2.45) is 5.92 Å². The summed E-state index contributed by atoms with van der Waals surface area (Å²) >= 11 is 3.51. The quantitative estimate of drug-likeness (QED) is 0.586. The summed E-state index contributed by atoms with van der Waals surface area (Å²) in [5, 5.41) is 7.86. The second-order valence-electron chi connectivity index (χ2n) is 7.11. The van der Waals surface area contributed by atoms with Crippen molar-refractivity contribution in [2.75, 3.05) is 13.1 Å². The highest BCUT2D eigenvalue weighted by molar-refractivity contribution is 9.10. The topological polar surface area (TPSA) is 56.9 Å².